The Hall–Kier alpha value is -1.68. The topological polar surface area (TPSA) is 38.0 Å². The molecule has 2 rings (SSSR count). The molecule has 3 nitrogen and oxygen atoms in total. The summed E-state index contributed by atoms with van der Waals surface area (Å²) >= 11 is 0. The van der Waals surface area contributed by atoms with Gasteiger partial charge in [-0.05, 0) is 31.0 Å². The Labute approximate surface area is 112 Å². The second-order valence-corrected chi connectivity index (χ2v) is 5.00. The fourth-order valence-corrected chi connectivity index (χ4v) is 2.19. The maximum absolute atomic E-state index is 13.2. The van der Waals surface area contributed by atoms with E-state index in [1.54, 1.807) is 25.3 Å². The van der Waals surface area contributed by atoms with Crippen molar-refractivity contribution in [1.82, 2.24) is 9.55 Å². The van der Waals surface area contributed by atoms with Crippen molar-refractivity contribution in [3.63, 3.8) is 0 Å². The summed E-state index contributed by atoms with van der Waals surface area (Å²) in [7, 11) is 0. The van der Waals surface area contributed by atoms with Crippen molar-refractivity contribution in [3.8, 4) is 0 Å². The van der Waals surface area contributed by atoms with E-state index in [2.05, 4.69) is 11.9 Å². The van der Waals surface area contributed by atoms with E-state index in [1.165, 1.54) is 12.1 Å². The average Bonchev–Trinajstić information content (AvgIpc) is 2.76. The molecule has 0 bridgehead atoms. The maximum Gasteiger partial charge on any atom is 0.123 e. The van der Waals surface area contributed by atoms with E-state index in [1.807, 2.05) is 10.8 Å². The summed E-state index contributed by atoms with van der Waals surface area (Å²) in [6.07, 6.45) is 5.00. The molecule has 1 N–H and O–H groups in total. The van der Waals surface area contributed by atoms with Gasteiger partial charge in [-0.25, -0.2) is 9.37 Å². The number of aryl methyl sites for hydroxylation is 1. The molecule has 1 aromatic heterocycles. The van der Waals surface area contributed by atoms with Crippen molar-refractivity contribution in [2.24, 2.45) is 0 Å². The first-order valence-corrected chi connectivity index (χ1v) is 6.51. The van der Waals surface area contributed by atoms with Crippen molar-refractivity contribution >= 4 is 0 Å². The lowest BCUT2D eigenvalue weighted by molar-refractivity contribution is 0.0542. The van der Waals surface area contributed by atoms with Crippen LogP contribution in [0.2, 0.25) is 0 Å². The number of aliphatic hydroxyl groups is 1. The van der Waals surface area contributed by atoms with Crippen LogP contribution in [0.5, 0.6) is 0 Å². The highest BCUT2D eigenvalue weighted by Crippen LogP contribution is 2.25. The van der Waals surface area contributed by atoms with Gasteiger partial charge in [0, 0.05) is 25.4 Å². The molecule has 0 aliphatic carbocycles. The van der Waals surface area contributed by atoms with Crippen molar-refractivity contribution < 1.29 is 9.50 Å². The zero-order valence-corrected chi connectivity index (χ0v) is 11.3. The molecule has 1 aromatic carbocycles. The minimum Gasteiger partial charge on any atom is -0.385 e. The largest absolute Gasteiger partial charge is 0.385 e. The van der Waals surface area contributed by atoms with Gasteiger partial charge in [-0.1, -0.05) is 19.1 Å². The quantitative estimate of drug-likeness (QED) is 0.899. The summed E-state index contributed by atoms with van der Waals surface area (Å²) in [6, 6.07) is 6.08. The Morgan fingerprint density at radius 1 is 1.42 bits per heavy atom. The zero-order chi connectivity index (χ0) is 13.9. The molecular formula is C15H19FN2O. The third-order valence-corrected chi connectivity index (χ3v) is 3.22. The van der Waals surface area contributed by atoms with Crippen LogP contribution in [0.15, 0.2) is 36.7 Å². The van der Waals surface area contributed by atoms with Gasteiger partial charge in [0.2, 0.25) is 0 Å². The number of benzene rings is 1. The third kappa shape index (κ3) is 3.20. The van der Waals surface area contributed by atoms with Crippen LogP contribution in [0.3, 0.4) is 0 Å². The molecule has 0 radical (unpaired) electrons. The number of imidazole rings is 1. The Bertz CT molecular complexity index is 549. The van der Waals surface area contributed by atoms with Crippen molar-refractivity contribution in [2.45, 2.75) is 38.8 Å². The van der Waals surface area contributed by atoms with Crippen LogP contribution >= 0.6 is 0 Å². The number of halogens is 1. The third-order valence-electron chi connectivity index (χ3n) is 3.22. The summed E-state index contributed by atoms with van der Waals surface area (Å²) < 4.78 is 15.3. The van der Waals surface area contributed by atoms with Gasteiger partial charge in [-0.2, -0.15) is 0 Å². The monoisotopic (exact) mass is 262 g/mol. The molecule has 1 heterocycles. The molecule has 0 aliphatic heterocycles. The Balaban J connectivity index is 2.23. The second kappa shape index (κ2) is 5.53. The standard InChI is InChI=1S/C15H19FN2O/c1-3-8-18-9-7-17-14(18)11-15(2,19)12-5-4-6-13(16)10-12/h4-7,9-10,19H,3,8,11H2,1-2H3. The predicted octanol–water partition coefficient (Wildman–Crippen LogP) is 2.88. The van der Waals surface area contributed by atoms with E-state index in [4.69, 9.17) is 0 Å². The van der Waals surface area contributed by atoms with Gasteiger partial charge < -0.3 is 9.67 Å². The first-order valence-electron chi connectivity index (χ1n) is 6.51. The van der Waals surface area contributed by atoms with Crippen LogP contribution in [-0.2, 0) is 18.6 Å². The number of hydrogen-bond donors (Lipinski definition) is 1. The van der Waals surface area contributed by atoms with Gasteiger partial charge in [0.1, 0.15) is 11.6 Å². The molecule has 1 atom stereocenters. The van der Waals surface area contributed by atoms with Crippen LogP contribution < -0.4 is 0 Å². The summed E-state index contributed by atoms with van der Waals surface area (Å²) in [5.74, 6) is 0.478. The number of rotatable bonds is 5. The maximum atomic E-state index is 13.2. The average molecular weight is 262 g/mol. The van der Waals surface area contributed by atoms with Gasteiger partial charge in [0.25, 0.3) is 0 Å². The molecule has 0 fully saturated rings. The van der Waals surface area contributed by atoms with Gasteiger partial charge in [0.15, 0.2) is 0 Å². The molecular weight excluding hydrogens is 243 g/mol. The van der Waals surface area contributed by atoms with Crippen molar-refractivity contribution in [1.29, 1.82) is 0 Å². The number of hydrogen-bond acceptors (Lipinski definition) is 2. The van der Waals surface area contributed by atoms with E-state index >= 15 is 0 Å². The summed E-state index contributed by atoms with van der Waals surface area (Å²) in [6.45, 7) is 4.65. The smallest absolute Gasteiger partial charge is 0.123 e. The molecule has 0 saturated carbocycles. The molecule has 4 heteroatoms. The molecule has 19 heavy (non-hydrogen) atoms. The Morgan fingerprint density at radius 3 is 2.89 bits per heavy atom. The van der Waals surface area contributed by atoms with Gasteiger partial charge in [-0.15, -0.1) is 0 Å². The summed E-state index contributed by atoms with van der Waals surface area (Å²) in [5, 5.41) is 10.6. The zero-order valence-electron chi connectivity index (χ0n) is 11.3. The number of aromatic nitrogens is 2. The molecule has 0 amide bonds. The normalized spacial score (nSPS) is 14.3. The van der Waals surface area contributed by atoms with E-state index in [0.717, 1.165) is 18.8 Å². The first-order chi connectivity index (χ1) is 9.03. The highest BCUT2D eigenvalue weighted by Gasteiger charge is 2.26. The van der Waals surface area contributed by atoms with Crippen LogP contribution in [0.4, 0.5) is 4.39 Å². The molecule has 2 aromatic rings. The minimum atomic E-state index is -1.13. The summed E-state index contributed by atoms with van der Waals surface area (Å²) in [5.41, 5.74) is -0.558. The SMILES string of the molecule is CCCn1ccnc1CC(C)(O)c1cccc(F)c1. The van der Waals surface area contributed by atoms with Crippen LogP contribution in [-0.4, -0.2) is 14.7 Å². The first kappa shape index (κ1) is 13.7. The van der Waals surface area contributed by atoms with Crippen LogP contribution in [0.25, 0.3) is 0 Å². The Morgan fingerprint density at radius 2 is 2.21 bits per heavy atom. The Kier molecular flexibility index (Phi) is 4.00. The highest BCUT2D eigenvalue weighted by molar-refractivity contribution is 5.23. The van der Waals surface area contributed by atoms with Crippen LogP contribution in [0, 0.1) is 5.82 Å². The molecule has 0 aliphatic rings. The van der Waals surface area contributed by atoms with Crippen molar-refractivity contribution in [2.75, 3.05) is 0 Å². The van der Waals surface area contributed by atoms with Gasteiger partial charge >= 0.3 is 0 Å². The molecule has 0 spiro atoms. The van der Waals surface area contributed by atoms with E-state index in [-0.39, 0.29) is 5.82 Å². The minimum absolute atomic E-state index is 0.338. The van der Waals surface area contributed by atoms with Crippen molar-refractivity contribution in [3.05, 3.63) is 53.9 Å². The fraction of sp³-hybridized carbons (Fsp3) is 0.400. The molecule has 0 saturated heterocycles. The lowest BCUT2D eigenvalue weighted by Gasteiger charge is -2.24. The predicted molar refractivity (Wildman–Crippen MR) is 72.2 cm³/mol. The molecule has 102 valence electrons. The van der Waals surface area contributed by atoms with E-state index in [9.17, 15) is 9.50 Å². The van der Waals surface area contributed by atoms with Crippen LogP contribution in [0.1, 0.15) is 31.7 Å². The highest BCUT2D eigenvalue weighted by atomic mass is 19.1. The van der Waals surface area contributed by atoms with E-state index in [0.29, 0.717) is 12.0 Å². The number of nitrogens with zero attached hydrogens (tertiary/aromatic N) is 2. The van der Waals surface area contributed by atoms with Gasteiger partial charge in [0.05, 0.1) is 5.60 Å². The molecule has 1 unspecified atom stereocenters. The lowest BCUT2D eigenvalue weighted by Crippen LogP contribution is -2.26. The fourth-order valence-electron chi connectivity index (χ4n) is 2.19. The lowest BCUT2D eigenvalue weighted by atomic mass is 9.92. The van der Waals surface area contributed by atoms with Gasteiger partial charge in [-0.3, -0.25) is 0 Å². The summed E-state index contributed by atoms with van der Waals surface area (Å²) in [4.78, 5) is 4.28. The van der Waals surface area contributed by atoms with E-state index < -0.39 is 5.60 Å². The second-order valence-electron chi connectivity index (χ2n) is 5.00.